The van der Waals surface area contributed by atoms with Crippen LogP contribution in [0.15, 0.2) is 90.0 Å². The molecule has 2 aromatic carbocycles. The number of pyridine rings is 1. The molecule has 2 aromatic heterocycles. The molecular formula is C24H20N4O2. The third-order valence-electron chi connectivity index (χ3n) is 4.79. The topological polar surface area (TPSA) is 87.7 Å². The molecule has 4 rings (SSSR count). The van der Waals surface area contributed by atoms with Gasteiger partial charge in [-0.2, -0.15) is 0 Å². The van der Waals surface area contributed by atoms with Crippen molar-refractivity contribution < 1.29 is 4.79 Å². The van der Waals surface area contributed by atoms with E-state index in [1.807, 2.05) is 73.7 Å². The Morgan fingerprint density at radius 1 is 0.900 bits per heavy atom. The van der Waals surface area contributed by atoms with Gasteiger partial charge in [0, 0.05) is 24.0 Å². The van der Waals surface area contributed by atoms with Crippen molar-refractivity contribution in [3.05, 3.63) is 107 Å². The van der Waals surface area contributed by atoms with Crippen molar-refractivity contribution in [3.8, 4) is 22.5 Å². The number of hydrogen-bond acceptors (Lipinski definition) is 4. The molecule has 0 saturated carbocycles. The van der Waals surface area contributed by atoms with Crippen molar-refractivity contribution in [3.63, 3.8) is 0 Å². The highest BCUT2D eigenvalue weighted by Crippen LogP contribution is 2.21. The summed E-state index contributed by atoms with van der Waals surface area (Å²) in [6.07, 6.45) is 3.51. The van der Waals surface area contributed by atoms with E-state index >= 15 is 0 Å². The molecule has 0 saturated heterocycles. The molecule has 0 spiro atoms. The molecule has 0 aliphatic heterocycles. The Balaban J connectivity index is 1.51. The first-order chi connectivity index (χ1) is 14.6. The molecule has 6 heteroatoms. The zero-order valence-electron chi connectivity index (χ0n) is 16.4. The standard InChI is InChI=1S/C24H20N4O2/c1-16(17-7-9-18(10-8-17)19-11-13-25-14-12-19)26-24(30)21-15-22(29)28-23(27-21)20-5-3-2-4-6-20/h2-16H,1H3,(H,26,30)(H,27,28,29). The van der Waals surface area contributed by atoms with Crippen LogP contribution in [-0.2, 0) is 0 Å². The van der Waals surface area contributed by atoms with Gasteiger partial charge in [0.05, 0.1) is 6.04 Å². The van der Waals surface area contributed by atoms with Crippen molar-refractivity contribution >= 4 is 5.91 Å². The molecule has 2 heterocycles. The van der Waals surface area contributed by atoms with E-state index in [9.17, 15) is 9.59 Å². The zero-order chi connectivity index (χ0) is 20.9. The van der Waals surface area contributed by atoms with Crippen molar-refractivity contribution in [2.24, 2.45) is 0 Å². The number of H-pyrrole nitrogens is 1. The summed E-state index contributed by atoms with van der Waals surface area (Å²) in [5, 5.41) is 2.91. The van der Waals surface area contributed by atoms with Crippen LogP contribution in [0.4, 0.5) is 0 Å². The highest BCUT2D eigenvalue weighted by Gasteiger charge is 2.15. The van der Waals surface area contributed by atoms with Gasteiger partial charge in [0.25, 0.3) is 11.5 Å². The normalized spacial score (nSPS) is 11.6. The highest BCUT2D eigenvalue weighted by molar-refractivity contribution is 5.92. The lowest BCUT2D eigenvalue weighted by molar-refractivity contribution is 0.0934. The number of carbonyl (C=O) groups excluding carboxylic acids is 1. The molecular weight excluding hydrogens is 376 g/mol. The molecule has 1 amide bonds. The fourth-order valence-electron chi connectivity index (χ4n) is 3.17. The number of nitrogens with one attached hydrogen (secondary N) is 2. The summed E-state index contributed by atoms with van der Waals surface area (Å²) in [4.78, 5) is 35.8. The molecule has 1 unspecified atom stereocenters. The van der Waals surface area contributed by atoms with E-state index < -0.39 is 5.91 Å². The lowest BCUT2D eigenvalue weighted by atomic mass is 10.0. The minimum atomic E-state index is -0.399. The van der Waals surface area contributed by atoms with Crippen LogP contribution < -0.4 is 10.9 Å². The maximum Gasteiger partial charge on any atom is 0.270 e. The van der Waals surface area contributed by atoms with Crippen LogP contribution >= 0.6 is 0 Å². The van der Waals surface area contributed by atoms with Crippen LogP contribution in [0.2, 0.25) is 0 Å². The number of amides is 1. The quantitative estimate of drug-likeness (QED) is 0.534. The number of aromatic amines is 1. The Morgan fingerprint density at radius 3 is 2.27 bits per heavy atom. The SMILES string of the molecule is CC(NC(=O)c1cc(=O)[nH]c(-c2ccccc2)n1)c1ccc(-c2ccncc2)cc1. The summed E-state index contributed by atoms with van der Waals surface area (Å²) in [5.41, 5.74) is 3.55. The molecule has 2 N–H and O–H groups in total. The number of hydrogen-bond donors (Lipinski definition) is 2. The van der Waals surface area contributed by atoms with E-state index in [1.165, 1.54) is 6.07 Å². The Kier molecular flexibility index (Phi) is 5.48. The van der Waals surface area contributed by atoms with Gasteiger partial charge in [-0.25, -0.2) is 4.98 Å². The van der Waals surface area contributed by atoms with E-state index in [0.717, 1.165) is 22.3 Å². The van der Waals surface area contributed by atoms with Crippen molar-refractivity contribution in [2.75, 3.05) is 0 Å². The second kappa shape index (κ2) is 8.53. The minimum absolute atomic E-state index is 0.0814. The van der Waals surface area contributed by atoms with E-state index in [2.05, 4.69) is 20.3 Å². The summed E-state index contributed by atoms with van der Waals surface area (Å²) in [7, 11) is 0. The average Bonchev–Trinajstić information content (AvgIpc) is 2.80. The lowest BCUT2D eigenvalue weighted by Crippen LogP contribution is -2.29. The largest absolute Gasteiger partial charge is 0.344 e. The zero-order valence-corrected chi connectivity index (χ0v) is 16.4. The van der Waals surface area contributed by atoms with Gasteiger partial charge in [0.1, 0.15) is 11.5 Å². The number of nitrogens with zero attached hydrogens (tertiary/aromatic N) is 2. The second-order valence-corrected chi connectivity index (χ2v) is 6.90. The molecule has 0 bridgehead atoms. The van der Waals surface area contributed by atoms with Crippen LogP contribution in [0.1, 0.15) is 29.0 Å². The predicted octanol–water partition coefficient (Wildman–Crippen LogP) is 3.99. The van der Waals surface area contributed by atoms with E-state index in [4.69, 9.17) is 0 Å². The van der Waals surface area contributed by atoms with Gasteiger partial charge in [0.2, 0.25) is 0 Å². The molecule has 6 nitrogen and oxygen atoms in total. The maximum atomic E-state index is 12.7. The van der Waals surface area contributed by atoms with Crippen LogP contribution in [0.25, 0.3) is 22.5 Å². The number of rotatable bonds is 5. The van der Waals surface area contributed by atoms with Crippen LogP contribution in [0.3, 0.4) is 0 Å². The molecule has 1 atom stereocenters. The first-order valence-electron chi connectivity index (χ1n) is 9.58. The number of benzene rings is 2. The molecule has 148 valence electrons. The highest BCUT2D eigenvalue weighted by atomic mass is 16.2. The number of carbonyl (C=O) groups is 1. The third-order valence-corrected chi connectivity index (χ3v) is 4.79. The molecule has 0 radical (unpaired) electrons. The summed E-state index contributed by atoms with van der Waals surface area (Å²) < 4.78 is 0. The molecule has 0 aliphatic rings. The van der Waals surface area contributed by atoms with Gasteiger partial charge in [-0.15, -0.1) is 0 Å². The first-order valence-corrected chi connectivity index (χ1v) is 9.58. The summed E-state index contributed by atoms with van der Waals surface area (Å²) in [6, 6.07) is 22.0. The average molecular weight is 396 g/mol. The van der Waals surface area contributed by atoms with Gasteiger partial charge in [-0.1, -0.05) is 54.6 Å². The summed E-state index contributed by atoms with van der Waals surface area (Å²) in [5.74, 6) is -0.0356. The van der Waals surface area contributed by atoms with Gasteiger partial charge < -0.3 is 10.3 Å². The van der Waals surface area contributed by atoms with Crippen LogP contribution in [-0.4, -0.2) is 20.9 Å². The first kappa shape index (κ1) is 19.3. The monoisotopic (exact) mass is 396 g/mol. The van der Waals surface area contributed by atoms with E-state index in [1.54, 1.807) is 12.4 Å². The predicted molar refractivity (Wildman–Crippen MR) is 116 cm³/mol. The fraction of sp³-hybridized carbons (Fsp3) is 0.0833. The Labute approximate surface area is 173 Å². The van der Waals surface area contributed by atoms with Crippen molar-refractivity contribution in [1.82, 2.24) is 20.3 Å². The van der Waals surface area contributed by atoms with Crippen LogP contribution in [0.5, 0.6) is 0 Å². The van der Waals surface area contributed by atoms with Crippen molar-refractivity contribution in [1.29, 1.82) is 0 Å². The van der Waals surface area contributed by atoms with Gasteiger partial charge >= 0.3 is 0 Å². The molecule has 0 aliphatic carbocycles. The Morgan fingerprint density at radius 2 is 1.57 bits per heavy atom. The smallest absolute Gasteiger partial charge is 0.270 e. The molecule has 4 aromatic rings. The van der Waals surface area contributed by atoms with E-state index in [-0.39, 0.29) is 17.3 Å². The maximum absolute atomic E-state index is 12.7. The van der Waals surface area contributed by atoms with Gasteiger partial charge in [0.15, 0.2) is 0 Å². The van der Waals surface area contributed by atoms with Gasteiger partial charge in [-0.05, 0) is 35.7 Å². The summed E-state index contributed by atoms with van der Waals surface area (Å²) >= 11 is 0. The Bertz CT molecular complexity index is 1200. The lowest BCUT2D eigenvalue weighted by Gasteiger charge is -2.15. The van der Waals surface area contributed by atoms with Crippen LogP contribution in [0, 0.1) is 0 Å². The second-order valence-electron chi connectivity index (χ2n) is 6.90. The molecule has 0 fully saturated rings. The van der Waals surface area contributed by atoms with Gasteiger partial charge in [-0.3, -0.25) is 14.6 Å². The third kappa shape index (κ3) is 4.33. The number of aromatic nitrogens is 3. The Hall–Kier alpha value is -4.06. The van der Waals surface area contributed by atoms with E-state index in [0.29, 0.717) is 5.82 Å². The minimum Gasteiger partial charge on any atom is -0.344 e. The fourth-order valence-corrected chi connectivity index (χ4v) is 3.17. The summed E-state index contributed by atoms with van der Waals surface area (Å²) in [6.45, 7) is 1.89. The van der Waals surface area contributed by atoms with Crippen molar-refractivity contribution in [2.45, 2.75) is 13.0 Å². The molecule has 30 heavy (non-hydrogen) atoms.